The van der Waals surface area contributed by atoms with Crippen LogP contribution in [0.3, 0.4) is 0 Å². The first-order chi connectivity index (χ1) is 10.3. The number of nitrogens with one attached hydrogen (secondary N) is 1. The summed E-state index contributed by atoms with van der Waals surface area (Å²) in [6, 6.07) is 6.94. The number of alkyl halides is 3. The molecule has 0 radical (unpaired) electrons. The average molecular weight is 466 g/mol. The van der Waals surface area contributed by atoms with Crippen molar-refractivity contribution < 1.29 is 17.9 Å². The molecule has 9 heteroatoms. The molecule has 0 amide bonds. The second-order valence-electron chi connectivity index (χ2n) is 4.56. The van der Waals surface area contributed by atoms with E-state index in [2.05, 4.69) is 10.3 Å². The molecule has 0 bridgehead atoms. The fourth-order valence-electron chi connectivity index (χ4n) is 1.64. The summed E-state index contributed by atoms with van der Waals surface area (Å²) in [6.45, 7) is 0.644. The first-order valence-corrected chi connectivity index (χ1v) is 7.06. The van der Waals surface area contributed by atoms with Gasteiger partial charge in [0.15, 0.2) is 5.96 Å². The molecule has 0 spiro atoms. The van der Waals surface area contributed by atoms with E-state index in [0.717, 1.165) is 0 Å². The fraction of sp³-hybridized carbons (Fsp3) is 0.500. The summed E-state index contributed by atoms with van der Waals surface area (Å²) in [6.07, 6.45) is -5.08. The zero-order valence-electron chi connectivity index (χ0n) is 12.9. The smallest absolute Gasteiger partial charge is 0.390 e. The lowest BCUT2D eigenvalue weighted by Crippen LogP contribution is -2.42. The predicted molar refractivity (Wildman–Crippen MR) is 97.0 cm³/mol. The number of hydrogen-bond donors (Lipinski definition) is 1. The number of hydrogen-bond acceptors (Lipinski definition) is 2. The summed E-state index contributed by atoms with van der Waals surface area (Å²) in [7, 11) is 3.25. The van der Waals surface area contributed by atoms with E-state index in [4.69, 9.17) is 16.3 Å². The lowest BCUT2D eigenvalue weighted by Gasteiger charge is -2.22. The van der Waals surface area contributed by atoms with Crippen LogP contribution in [-0.2, 0) is 0 Å². The molecule has 0 aliphatic carbocycles. The average Bonchev–Trinajstić information content (AvgIpc) is 2.44. The van der Waals surface area contributed by atoms with Crippen LogP contribution in [0.2, 0.25) is 5.02 Å². The van der Waals surface area contributed by atoms with Gasteiger partial charge in [-0.2, -0.15) is 13.2 Å². The molecule has 1 rings (SSSR count). The maximum absolute atomic E-state index is 12.1. The van der Waals surface area contributed by atoms with Crippen LogP contribution in [0.4, 0.5) is 13.2 Å². The Labute approximate surface area is 156 Å². The largest absolute Gasteiger partial charge is 0.492 e. The molecule has 0 heterocycles. The van der Waals surface area contributed by atoms with Crippen molar-refractivity contribution in [1.82, 2.24) is 10.2 Å². The molecule has 23 heavy (non-hydrogen) atoms. The summed E-state index contributed by atoms with van der Waals surface area (Å²) in [5.41, 5.74) is 0. The Morgan fingerprint density at radius 1 is 1.30 bits per heavy atom. The number of rotatable bonds is 6. The van der Waals surface area contributed by atoms with Crippen LogP contribution in [0, 0.1) is 0 Å². The molecule has 4 nitrogen and oxygen atoms in total. The Balaban J connectivity index is 0.00000484. The highest BCUT2D eigenvalue weighted by Gasteiger charge is 2.26. The van der Waals surface area contributed by atoms with Crippen molar-refractivity contribution in [2.45, 2.75) is 12.6 Å². The highest BCUT2D eigenvalue weighted by molar-refractivity contribution is 14.0. The van der Waals surface area contributed by atoms with Gasteiger partial charge in [0.25, 0.3) is 0 Å². The summed E-state index contributed by atoms with van der Waals surface area (Å²) >= 11 is 5.77. The van der Waals surface area contributed by atoms with E-state index in [1.165, 1.54) is 7.05 Å². The van der Waals surface area contributed by atoms with Gasteiger partial charge in [0.2, 0.25) is 0 Å². The summed E-state index contributed by atoms with van der Waals surface area (Å²) in [4.78, 5) is 5.64. The van der Waals surface area contributed by atoms with Crippen LogP contribution in [0.5, 0.6) is 5.75 Å². The number of benzene rings is 1. The Morgan fingerprint density at radius 2 is 1.91 bits per heavy atom. The Morgan fingerprint density at radius 3 is 2.43 bits per heavy atom. The fourth-order valence-corrected chi connectivity index (χ4v) is 1.76. The quantitative estimate of drug-likeness (QED) is 0.395. The van der Waals surface area contributed by atoms with Crippen LogP contribution in [-0.4, -0.2) is 50.8 Å². The number of guanidine groups is 1. The molecule has 1 N–H and O–H groups in total. The van der Waals surface area contributed by atoms with E-state index in [1.54, 1.807) is 36.2 Å². The number of nitrogens with zero attached hydrogens (tertiary/aromatic N) is 2. The van der Waals surface area contributed by atoms with E-state index >= 15 is 0 Å². The van der Waals surface area contributed by atoms with Crippen molar-refractivity contribution in [2.24, 2.45) is 4.99 Å². The number of halogens is 5. The van der Waals surface area contributed by atoms with Gasteiger partial charge in [-0.1, -0.05) is 11.6 Å². The van der Waals surface area contributed by atoms with Gasteiger partial charge in [0.05, 0.1) is 13.0 Å². The highest BCUT2D eigenvalue weighted by Crippen LogP contribution is 2.18. The third-order valence-electron chi connectivity index (χ3n) is 2.77. The summed E-state index contributed by atoms with van der Waals surface area (Å²) in [5.74, 6) is 1.07. The van der Waals surface area contributed by atoms with Gasteiger partial charge in [0, 0.05) is 25.7 Å². The molecule has 0 saturated carbocycles. The standard InChI is InChI=1S/C14H19ClF3N3O.HI/c1-19-13(20-8-7-14(16,17)18)21(2)9-10-22-12-5-3-11(15)4-6-12;/h3-6H,7-10H2,1-2H3,(H,19,20);1H. The summed E-state index contributed by atoms with van der Waals surface area (Å²) in [5, 5.41) is 3.29. The van der Waals surface area contributed by atoms with Crippen LogP contribution in [0.15, 0.2) is 29.3 Å². The molecule has 0 saturated heterocycles. The Bertz CT molecular complexity index is 483. The highest BCUT2D eigenvalue weighted by atomic mass is 127. The van der Waals surface area contributed by atoms with Gasteiger partial charge in [0.1, 0.15) is 12.4 Å². The van der Waals surface area contributed by atoms with E-state index in [-0.39, 0.29) is 30.5 Å². The molecular weight excluding hydrogens is 446 g/mol. The zero-order chi connectivity index (χ0) is 16.6. The van der Waals surface area contributed by atoms with Gasteiger partial charge in [-0.15, -0.1) is 24.0 Å². The van der Waals surface area contributed by atoms with Crippen molar-refractivity contribution >= 4 is 41.5 Å². The monoisotopic (exact) mass is 465 g/mol. The van der Waals surface area contributed by atoms with Crippen LogP contribution < -0.4 is 10.1 Å². The molecule has 0 aromatic heterocycles. The maximum Gasteiger partial charge on any atom is 0.390 e. The molecule has 0 aliphatic heterocycles. The molecule has 1 aromatic rings. The van der Waals surface area contributed by atoms with Crippen molar-refractivity contribution in [2.75, 3.05) is 33.8 Å². The van der Waals surface area contributed by atoms with Crippen LogP contribution >= 0.6 is 35.6 Å². The zero-order valence-corrected chi connectivity index (χ0v) is 15.9. The lowest BCUT2D eigenvalue weighted by atomic mass is 10.3. The van der Waals surface area contributed by atoms with Crippen molar-refractivity contribution in [3.05, 3.63) is 29.3 Å². The predicted octanol–water partition coefficient (Wildman–Crippen LogP) is 3.80. The SMILES string of the molecule is CN=C(NCCC(F)(F)F)N(C)CCOc1ccc(Cl)cc1.I. The Hall–Kier alpha value is -0.900. The van der Waals surface area contributed by atoms with Gasteiger partial charge in [-0.05, 0) is 24.3 Å². The molecular formula is C14H20ClF3IN3O. The summed E-state index contributed by atoms with van der Waals surface area (Å²) < 4.78 is 41.8. The molecule has 0 aliphatic rings. The number of likely N-dealkylation sites (N-methyl/N-ethyl adjacent to an activating group) is 1. The minimum absolute atomic E-state index is 0. The first-order valence-electron chi connectivity index (χ1n) is 6.69. The van der Waals surface area contributed by atoms with E-state index < -0.39 is 12.6 Å². The van der Waals surface area contributed by atoms with Crippen LogP contribution in [0.25, 0.3) is 0 Å². The molecule has 0 fully saturated rings. The van der Waals surface area contributed by atoms with Gasteiger partial charge >= 0.3 is 6.18 Å². The van der Waals surface area contributed by atoms with Gasteiger partial charge in [-0.25, -0.2) is 0 Å². The third kappa shape index (κ3) is 9.75. The van der Waals surface area contributed by atoms with E-state index in [9.17, 15) is 13.2 Å². The first kappa shape index (κ1) is 22.1. The third-order valence-corrected chi connectivity index (χ3v) is 3.03. The lowest BCUT2D eigenvalue weighted by molar-refractivity contribution is -0.132. The van der Waals surface area contributed by atoms with Crippen molar-refractivity contribution in [3.63, 3.8) is 0 Å². The second-order valence-corrected chi connectivity index (χ2v) is 5.00. The van der Waals surface area contributed by atoms with Crippen molar-refractivity contribution in [3.8, 4) is 5.75 Å². The normalized spacial score (nSPS) is 11.7. The number of aliphatic imine (C=N–C) groups is 1. The van der Waals surface area contributed by atoms with Gasteiger partial charge < -0.3 is 15.0 Å². The number of ether oxygens (including phenoxy) is 1. The maximum atomic E-state index is 12.1. The Kier molecular flexibility index (Phi) is 10.4. The van der Waals surface area contributed by atoms with E-state index in [0.29, 0.717) is 29.9 Å². The van der Waals surface area contributed by atoms with E-state index in [1.807, 2.05) is 0 Å². The van der Waals surface area contributed by atoms with Gasteiger partial charge in [-0.3, -0.25) is 4.99 Å². The van der Waals surface area contributed by atoms with Crippen molar-refractivity contribution in [1.29, 1.82) is 0 Å². The molecule has 132 valence electrons. The van der Waals surface area contributed by atoms with Crippen LogP contribution in [0.1, 0.15) is 6.42 Å². The molecule has 0 atom stereocenters. The minimum atomic E-state index is -4.18. The molecule has 1 aromatic carbocycles. The minimum Gasteiger partial charge on any atom is -0.492 e. The topological polar surface area (TPSA) is 36.9 Å². The molecule has 0 unspecified atom stereocenters. The second kappa shape index (κ2) is 10.8.